The SMILES string of the molecule is C=C(/C=C\C=C(/C)C(=O)NC)[C@H](Nc1cc(C#N)c2ncc(C#N)c(N[C@H](CC)c3ccccc3)c2c1)C1=CN(C(C)CC)NN1. The highest BCUT2D eigenvalue weighted by molar-refractivity contribution is 5.99. The number of rotatable bonds is 13. The molecule has 1 aliphatic rings. The largest absolute Gasteiger partial charge is 0.377 e. The van der Waals surface area contributed by atoms with E-state index in [4.69, 9.17) is 0 Å². The molecule has 10 nitrogen and oxygen atoms in total. The number of likely N-dealkylation sites (N-methyl/N-ethyl adjacent to an activating group) is 1. The van der Waals surface area contributed by atoms with Crippen LogP contribution in [0.3, 0.4) is 0 Å². The highest BCUT2D eigenvalue weighted by Crippen LogP contribution is 2.35. The number of aromatic nitrogens is 1. The molecular formula is C36H41N9O. The molecule has 5 N–H and O–H groups in total. The standard InChI is InChI=1S/C36H41N9O/c1-7-25(5)45-22-32(43-44-45)33(23(3)13-12-14-24(4)36(46)39-6)41-29-17-27(19-37)34-30(18-29)35(28(20-38)21-40-34)42-31(8-2)26-15-10-9-11-16-26/h9-18,21-22,25,31,33,41,43-44H,3,7-8H2,1-2,4-6H3,(H,39,46)(H,40,42)/b13-12-,24-14+/t25?,31-,33+/m1/s1. The first kappa shape index (κ1) is 33.3. The average molecular weight is 616 g/mol. The van der Waals surface area contributed by atoms with E-state index in [2.05, 4.69) is 83.5 Å². The first-order valence-electron chi connectivity index (χ1n) is 15.4. The predicted octanol–water partition coefficient (Wildman–Crippen LogP) is 6.09. The minimum Gasteiger partial charge on any atom is -0.377 e. The monoisotopic (exact) mass is 615 g/mol. The Bertz CT molecular complexity index is 1760. The second-order valence-corrected chi connectivity index (χ2v) is 11.1. The molecule has 2 heterocycles. The van der Waals surface area contributed by atoms with Crippen molar-refractivity contribution in [3.63, 3.8) is 0 Å². The fourth-order valence-corrected chi connectivity index (χ4v) is 5.14. The molecule has 1 unspecified atom stereocenters. The van der Waals surface area contributed by atoms with Crippen molar-refractivity contribution < 1.29 is 4.79 Å². The molecule has 1 amide bonds. The second-order valence-electron chi connectivity index (χ2n) is 11.1. The van der Waals surface area contributed by atoms with Crippen LogP contribution in [-0.4, -0.2) is 35.0 Å². The molecule has 0 fully saturated rings. The minimum atomic E-state index is -0.438. The maximum Gasteiger partial charge on any atom is 0.246 e. The van der Waals surface area contributed by atoms with E-state index in [0.717, 1.165) is 24.1 Å². The Morgan fingerprint density at radius 3 is 2.50 bits per heavy atom. The normalized spacial score (nSPS) is 14.9. The van der Waals surface area contributed by atoms with Gasteiger partial charge < -0.3 is 21.4 Å². The molecule has 10 heteroatoms. The van der Waals surface area contributed by atoms with Gasteiger partial charge in [-0.05, 0) is 50.0 Å². The predicted molar refractivity (Wildman–Crippen MR) is 184 cm³/mol. The van der Waals surface area contributed by atoms with Crippen LogP contribution in [0.1, 0.15) is 63.3 Å². The zero-order chi connectivity index (χ0) is 33.2. The number of carbonyl (C=O) groups is 1. The van der Waals surface area contributed by atoms with Gasteiger partial charge in [-0.2, -0.15) is 10.5 Å². The lowest BCUT2D eigenvalue weighted by Crippen LogP contribution is -2.42. The summed E-state index contributed by atoms with van der Waals surface area (Å²) >= 11 is 0. The summed E-state index contributed by atoms with van der Waals surface area (Å²) in [7, 11) is 1.59. The summed E-state index contributed by atoms with van der Waals surface area (Å²) in [5.74, 6) is -0.161. The minimum absolute atomic E-state index is 0.0597. The first-order chi connectivity index (χ1) is 22.2. The van der Waals surface area contributed by atoms with E-state index in [9.17, 15) is 15.3 Å². The van der Waals surface area contributed by atoms with Gasteiger partial charge >= 0.3 is 0 Å². The molecule has 1 aromatic heterocycles. The van der Waals surface area contributed by atoms with E-state index >= 15 is 0 Å². The third-order valence-electron chi connectivity index (χ3n) is 8.05. The highest BCUT2D eigenvalue weighted by Gasteiger charge is 2.25. The lowest BCUT2D eigenvalue weighted by molar-refractivity contribution is -0.116. The molecule has 0 saturated carbocycles. The first-order valence-corrected chi connectivity index (χ1v) is 15.4. The van der Waals surface area contributed by atoms with Crippen molar-refractivity contribution in [2.45, 2.75) is 58.7 Å². The highest BCUT2D eigenvalue weighted by atomic mass is 16.1. The Morgan fingerprint density at radius 1 is 1.11 bits per heavy atom. The van der Waals surface area contributed by atoms with Gasteiger partial charge in [-0.1, -0.05) is 69.0 Å². The summed E-state index contributed by atoms with van der Waals surface area (Å²) in [6.45, 7) is 12.4. The molecule has 0 spiro atoms. The number of allylic oxidation sites excluding steroid dienone is 2. The molecule has 2 aromatic carbocycles. The third kappa shape index (κ3) is 7.55. The smallest absolute Gasteiger partial charge is 0.246 e. The van der Waals surface area contributed by atoms with Crippen molar-refractivity contribution in [1.82, 2.24) is 26.3 Å². The topological polar surface area (TPSA) is 141 Å². The van der Waals surface area contributed by atoms with Crippen LogP contribution in [0.25, 0.3) is 10.9 Å². The quantitative estimate of drug-likeness (QED) is 0.114. The van der Waals surface area contributed by atoms with Gasteiger partial charge in [0.2, 0.25) is 5.91 Å². The van der Waals surface area contributed by atoms with Crippen molar-refractivity contribution in [2.24, 2.45) is 0 Å². The summed E-state index contributed by atoms with van der Waals surface area (Å²) in [5.41, 5.74) is 12.2. The van der Waals surface area contributed by atoms with Gasteiger partial charge in [-0.25, -0.2) is 0 Å². The Balaban J connectivity index is 1.79. The Morgan fingerprint density at radius 2 is 1.85 bits per heavy atom. The van der Waals surface area contributed by atoms with Gasteiger partial charge in [-0.15, -0.1) is 5.53 Å². The maximum atomic E-state index is 12.0. The number of hydrazine groups is 2. The van der Waals surface area contributed by atoms with Crippen LogP contribution in [0, 0.1) is 22.7 Å². The van der Waals surface area contributed by atoms with Gasteiger partial charge in [0.1, 0.15) is 12.1 Å². The number of hydrogen-bond acceptors (Lipinski definition) is 9. The van der Waals surface area contributed by atoms with Gasteiger partial charge in [0.15, 0.2) is 0 Å². The van der Waals surface area contributed by atoms with E-state index in [1.165, 1.54) is 6.20 Å². The number of fused-ring (bicyclic) bond motifs is 1. The number of anilines is 2. The van der Waals surface area contributed by atoms with Crippen LogP contribution in [0.15, 0.2) is 96.5 Å². The van der Waals surface area contributed by atoms with E-state index in [1.54, 1.807) is 32.2 Å². The Hall–Kier alpha value is -5.58. The molecule has 0 aliphatic carbocycles. The van der Waals surface area contributed by atoms with Gasteiger partial charge in [0.05, 0.1) is 40.1 Å². The molecule has 3 atom stereocenters. The number of nitrogens with zero attached hydrogens (tertiary/aromatic N) is 4. The Kier molecular flexibility index (Phi) is 11.2. The fraction of sp³-hybridized carbons (Fsp3) is 0.278. The molecule has 0 saturated heterocycles. The number of hydrogen-bond donors (Lipinski definition) is 5. The Labute approximate surface area is 271 Å². The molecule has 1 aliphatic heterocycles. The van der Waals surface area contributed by atoms with Crippen LogP contribution in [0.5, 0.6) is 0 Å². The lowest BCUT2D eigenvalue weighted by Gasteiger charge is -2.24. The van der Waals surface area contributed by atoms with Crippen LogP contribution in [0.4, 0.5) is 11.4 Å². The molecule has 4 rings (SSSR count). The number of amides is 1. The van der Waals surface area contributed by atoms with Gasteiger partial charge in [-0.3, -0.25) is 14.8 Å². The van der Waals surface area contributed by atoms with E-state index in [-0.39, 0.29) is 18.0 Å². The van der Waals surface area contributed by atoms with Crippen molar-refractivity contribution in [1.29, 1.82) is 10.5 Å². The molecule has 0 bridgehead atoms. The average Bonchev–Trinajstić information content (AvgIpc) is 3.58. The molecule has 0 radical (unpaired) electrons. The number of carbonyl (C=O) groups excluding carboxylic acids is 1. The maximum absolute atomic E-state index is 12.0. The fourth-order valence-electron chi connectivity index (χ4n) is 5.14. The molecule has 46 heavy (non-hydrogen) atoms. The van der Waals surface area contributed by atoms with Crippen molar-refractivity contribution in [3.8, 4) is 12.1 Å². The summed E-state index contributed by atoms with van der Waals surface area (Å²) in [4.78, 5) is 16.5. The molecule has 3 aromatic rings. The molecule has 236 valence electrons. The van der Waals surface area contributed by atoms with E-state index < -0.39 is 6.04 Å². The van der Waals surface area contributed by atoms with Crippen LogP contribution < -0.4 is 26.9 Å². The summed E-state index contributed by atoms with van der Waals surface area (Å²) in [6, 6.07) is 18.0. The number of pyridine rings is 1. The van der Waals surface area contributed by atoms with Crippen LogP contribution in [-0.2, 0) is 4.79 Å². The van der Waals surface area contributed by atoms with Crippen molar-refractivity contribution in [3.05, 3.63) is 113 Å². The van der Waals surface area contributed by atoms with E-state index in [1.807, 2.05) is 41.6 Å². The zero-order valence-corrected chi connectivity index (χ0v) is 27.0. The van der Waals surface area contributed by atoms with Gasteiger partial charge in [0, 0.05) is 42.1 Å². The summed E-state index contributed by atoms with van der Waals surface area (Å²) in [6.07, 6.45) is 10.6. The van der Waals surface area contributed by atoms with Gasteiger partial charge in [0.25, 0.3) is 0 Å². The van der Waals surface area contributed by atoms with Crippen molar-refractivity contribution >= 4 is 28.2 Å². The van der Waals surface area contributed by atoms with Crippen LogP contribution >= 0.6 is 0 Å². The lowest BCUT2D eigenvalue weighted by atomic mass is 10.00. The summed E-state index contributed by atoms with van der Waals surface area (Å²) in [5, 5.41) is 32.7. The number of nitrogens with one attached hydrogen (secondary N) is 5. The number of benzene rings is 2. The zero-order valence-electron chi connectivity index (χ0n) is 27.0. The van der Waals surface area contributed by atoms with E-state index in [0.29, 0.717) is 44.6 Å². The van der Waals surface area contributed by atoms with Crippen molar-refractivity contribution in [2.75, 3.05) is 17.7 Å². The summed E-state index contributed by atoms with van der Waals surface area (Å²) < 4.78 is 0. The third-order valence-corrected chi connectivity index (χ3v) is 8.05. The van der Waals surface area contributed by atoms with Crippen LogP contribution in [0.2, 0.25) is 0 Å². The second kappa shape index (κ2) is 15.4. The molecular weight excluding hydrogens is 574 g/mol. The number of nitriles is 2.